The lowest BCUT2D eigenvalue weighted by atomic mass is 10.1. The van der Waals surface area contributed by atoms with Gasteiger partial charge in [0, 0.05) is 21.9 Å². The molecule has 0 unspecified atom stereocenters. The molecule has 150 valence electrons. The first-order valence-electron chi connectivity index (χ1n) is 9.15. The monoisotopic (exact) mass is 464 g/mol. The Labute approximate surface area is 180 Å². The number of pyridine rings is 1. The van der Waals surface area contributed by atoms with Gasteiger partial charge in [0.25, 0.3) is 11.4 Å². The second-order valence-corrected chi connectivity index (χ2v) is 7.62. The molecule has 2 aromatic carbocycles. The first-order chi connectivity index (χ1) is 14.5. The molecule has 1 N–H and O–H groups in total. The van der Waals surface area contributed by atoms with Gasteiger partial charge < -0.3 is 14.4 Å². The summed E-state index contributed by atoms with van der Waals surface area (Å²) in [4.78, 5) is 29.6. The summed E-state index contributed by atoms with van der Waals surface area (Å²) in [6, 6.07) is 18.2. The molecule has 0 fully saturated rings. The number of hydrogen-bond acceptors (Lipinski definition) is 5. The summed E-state index contributed by atoms with van der Waals surface area (Å²) in [7, 11) is 0. The van der Waals surface area contributed by atoms with Crippen molar-refractivity contribution in [1.82, 2.24) is 14.7 Å². The maximum absolute atomic E-state index is 12.8. The number of carbonyl (C=O) groups excluding carboxylic acids is 1. The van der Waals surface area contributed by atoms with Crippen LogP contribution < -0.4 is 10.9 Å². The smallest absolute Gasteiger partial charge is 0.263 e. The molecule has 0 saturated heterocycles. The maximum Gasteiger partial charge on any atom is 0.263 e. The minimum atomic E-state index is -0.388. The summed E-state index contributed by atoms with van der Waals surface area (Å²) in [5.74, 6) is 0.183. The van der Waals surface area contributed by atoms with Crippen LogP contribution in [0.15, 0.2) is 80.7 Å². The van der Waals surface area contributed by atoms with Crippen LogP contribution in [0.1, 0.15) is 5.56 Å². The van der Waals surface area contributed by atoms with Crippen LogP contribution in [0.2, 0.25) is 0 Å². The molecule has 0 radical (unpaired) electrons. The van der Waals surface area contributed by atoms with E-state index in [1.165, 1.54) is 4.57 Å². The molecule has 0 saturated carbocycles. The van der Waals surface area contributed by atoms with Gasteiger partial charge in [-0.1, -0.05) is 57.0 Å². The average Bonchev–Trinajstić information content (AvgIpc) is 3.20. The molecule has 0 aliphatic rings. The summed E-state index contributed by atoms with van der Waals surface area (Å²) in [5, 5.41) is 6.74. The molecule has 1 amide bonds. The van der Waals surface area contributed by atoms with Crippen molar-refractivity contribution in [2.24, 2.45) is 0 Å². The molecular formula is C22H17BrN4O3. The third kappa shape index (κ3) is 4.38. The van der Waals surface area contributed by atoms with E-state index >= 15 is 0 Å². The maximum atomic E-state index is 12.8. The lowest BCUT2D eigenvalue weighted by molar-refractivity contribution is -0.116. The van der Waals surface area contributed by atoms with Gasteiger partial charge in [-0.05, 0) is 37.3 Å². The number of carbonyl (C=O) groups is 1. The van der Waals surface area contributed by atoms with Gasteiger partial charge in [-0.15, -0.1) is 0 Å². The highest BCUT2D eigenvalue weighted by Crippen LogP contribution is 2.20. The van der Waals surface area contributed by atoms with Crippen LogP contribution in [-0.2, 0) is 11.3 Å². The molecule has 0 aliphatic heterocycles. The Morgan fingerprint density at radius 1 is 1.13 bits per heavy atom. The van der Waals surface area contributed by atoms with E-state index in [9.17, 15) is 9.59 Å². The average molecular weight is 465 g/mol. The van der Waals surface area contributed by atoms with Crippen molar-refractivity contribution < 1.29 is 9.32 Å². The number of halogens is 1. The standard InChI is InChI=1S/C22H17BrN4O3/c1-14-7-9-15(10-8-14)20-25-21(30-26-20)18-6-3-11-27(22(18)29)13-19(28)24-17-5-2-4-16(23)12-17/h2-12H,13H2,1H3,(H,24,28). The number of benzene rings is 2. The van der Waals surface area contributed by atoms with Crippen molar-refractivity contribution in [3.05, 3.63) is 87.3 Å². The topological polar surface area (TPSA) is 90.0 Å². The number of rotatable bonds is 5. The van der Waals surface area contributed by atoms with Gasteiger partial charge in [0.2, 0.25) is 11.7 Å². The van der Waals surface area contributed by atoms with Gasteiger partial charge in [-0.2, -0.15) is 4.98 Å². The number of anilines is 1. The van der Waals surface area contributed by atoms with E-state index in [4.69, 9.17) is 4.52 Å². The SMILES string of the molecule is Cc1ccc(-c2noc(-c3cccn(CC(=O)Nc4cccc(Br)c4)c3=O)n2)cc1. The molecular weight excluding hydrogens is 448 g/mol. The molecule has 0 spiro atoms. The molecule has 2 aromatic heterocycles. The molecule has 4 rings (SSSR count). The zero-order chi connectivity index (χ0) is 21.1. The zero-order valence-electron chi connectivity index (χ0n) is 16.0. The number of aryl methyl sites for hydroxylation is 1. The van der Waals surface area contributed by atoms with Crippen LogP contribution >= 0.6 is 15.9 Å². The zero-order valence-corrected chi connectivity index (χ0v) is 17.6. The van der Waals surface area contributed by atoms with E-state index in [-0.39, 0.29) is 29.5 Å². The highest BCUT2D eigenvalue weighted by Gasteiger charge is 2.16. The Hall–Kier alpha value is -3.52. The summed E-state index contributed by atoms with van der Waals surface area (Å²) >= 11 is 3.36. The Morgan fingerprint density at radius 3 is 2.70 bits per heavy atom. The minimum absolute atomic E-state index is 0.109. The second-order valence-electron chi connectivity index (χ2n) is 6.70. The van der Waals surface area contributed by atoms with E-state index in [0.717, 1.165) is 15.6 Å². The molecule has 8 heteroatoms. The number of aromatic nitrogens is 3. The number of hydrogen-bond donors (Lipinski definition) is 1. The van der Waals surface area contributed by atoms with Gasteiger partial charge in [-0.25, -0.2) is 0 Å². The number of nitrogens with zero attached hydrogens (tertiary/aromatic N) is 3. The van der Waals surface area contributed by atoms with Crippen molar-refractivity contribution in [2.45, 2.75) is 13.5 Å². The van der Waals surface area contributed by atoms with E-state index in [1.807, 2.05) is 43.3 Å². The first kappa shape index (κ1) is 19.8. The fourth-order valence-electron chi connectivity index (χ4n) is 2.90. The molecule has 2 heterocycles. The molecule has 0 atom stereocenters. The summed E-state index contributed by atoms with van der Waals surface area (Å²) < 4.78 is 7.46. The van der Waals surface area contributed by atoms with Gasteiger partial charge in [0.1, 0.15) is 12.1 Å². The van der Waals surface area contributed by atoms with Crippen LogP contribution in [-0.4, -0.2) is 20.6 Å². The quantitative estimate of drug-likeness (QED) is 0.476. The fraction of sp³-hybridized carbons (Fsp3) is 0.0909. The molecule has 7 nitrogen and oxygen atoms in total. The van der Waals surface area contributed by atoms with Crippen LogP contribution in [0.5, 0.6) is 0 Å². The van der Waals surface area contributed by atoms with E-state index in [2.05, 4.69) is 31.4 Å². The minimum Gasteiger partial charge on any atom is -0.333 e. The van der Waals surface area contributed by atoms with Gasteiger partial charge in [0.15, 0.2) is 0 Å². The Morgan fingerprint density at radius 2 is 1.93 bits per heavy atom. The summed E-state index contributed by atoms with van der Waals surface area (Å²) in [5.41, 5.74) is 2.40. The van der Waals surface area contributed by atoms with Crippen molar-refractivity contribution in [3.8, 4) is 22.8 Å². The van der Waals surface area contributed by atoms with Crippen molar-refractivity contribution >= 4 is 27.5 Å². The third-order valence-electron chi connectivity index (χ3n) is 4.41. The van der Waals surface area contributed by atoms with Gasteiger partial charge in [0.05, 0.1) is 0 Å². The lowest BCUT2D eigenvalue weighted by Crippen LogP contribution is -2.28. The highest BCUT2D eigenvalue weighted by atomic mass is 79.9. The predicted molar refractivity (Wildman–Crippen MR) is 117 cm³/mol. The predicted octanol–water partition coefficient (Wildman–Crippen LogP) is 4.27. The van der Waals surface area contributed by atoms with Crippen LogP contribution in [0.25, 0.3) is 22.8 Å². The fourth-order valence-corrected chi connectivity index (χ4v) is 3.30. The first-order valence-corrected chi connectivity index (χ1v) is 9.95. The Kier molecular flexibility index (Phi) is 5.58. The largest absolute Gasteiger partial charge is 0.333 e. The van der Waals surface area contributed by atoms with Crippen molar-refractivity contribution in [1.29, 1.82) is 0 Å². The Bertz CT molecular complexity index is 1260. The number of amides is 1. The Balaban J connectivity index is 1.55. The van der Waals surface area contributed by atoms with Crippen LogP contribution in [0, 0.1) is 6.92 Å². The van der Waals surface area contributed by atoms with Gasteiger partial charge in [-0.3, -0.25) is 9.59 Å². The molecule has 30 heavy (non-hydrogen) atoms. The van der Waals surface area contributed by atoms with E-state index in [0.29, 0.717) is 11.5 Å². The summed E-state index contributed by atoms with van der Waals surface area (Å²) in [6.45, 7) is 1.85. The van der Waals surface area contributed by atoms with Gasteiger partial charge >= 0.3 is 0 Å². The highest BCUT2D eigenvalue weighted by molar-refractivity contribution is 9.10. The molecule has 0 aliphatic carbocycles. The third-order valence-corrected chi connectivity index (χ3v) is 4.90. The van der Waals surface area contributed by atoms with Crippen LogP contribution in [0.4, 0.5) is 5.69 Å². The van der Waals surface area contributed by atoms with E-state index < -0.39 is 0 Å². The van der Waals surface area contributed by atoms with E-state index in [1.54, 1.807) is 30.5 Å². The molecule has 0 bridgehead atoms. The normalized spacial score (nSPS) is 10.7. The van der Waals surface area contributed by atoms with Crippen LogP contribution in [0.3, 0.4) is 0 Å². The van der Waals surface area contributed by atoms with Crippen molar-refractivity contribution in [3.63, 3.8) is 0 Å². The van der Waals surface area contributed by atoms with Crippen molar-refractivity contribution in [2.75, 3.05) is 5.32 Å². The lowest BCUT2D eigenvalue weighted by Gasteiger charge is -2.08. The summed E-state index contributed by atoms with van der Waals surface area (Å²) in [6.07, 6.45) is 1.55. The number of nitrogens with one attached hydrogen (secondary N) is 1. The molecule has 4 aromatic rings. The second kappa shape index (κ2) is 8.46.